The zero-order valence-corrected chi connectivity index (χ0v) is 16.9. The van der Waals surface area contributed by atoms with Gasteiger partial charge in [-0.05, 0) is 44.0 Å². The summed E-state index contributed by atoms with van der Waals surface area (Å²) < 4.78 is 12.7. The summed E-state index contributed by atoms with van der Waals surface area (Å²) in [6.07, 6.45) is 0. The van der Waals surface area contributed by atoms with Crippen molar-refractivity contribution in [1.82, 2.24) is 4.57 Å². The molecule has 0 aliphatic carbocycles. The van der Waals surface area contributed by atoms with E-state index in [9.17, 15) is 9.90 Å². The molecule has 0 unspecified atom stereocenters. The molecule has 0 aliphatic rings. The summed E-state index contributed by atoms with van der Waals surface area (Å²) in [5.74, 6) is 0.0678. The van der Waals surface area contributed by atoms with Gasteiger partial charge in [-0.3, -0.25) is 4.79 Å². The number of aryl methyl sites for hydroxylation is 2. The summed E-state index contributed by atoms with van der Waals surface area (Å²) >= 11 is 0. The van der Waals surface area contributed by atoms with Crippen LogP contribution in [0, 0.1) is 13.8 Å². The number of nitrogens with zero attached hydrogens (tertiary/aromatic N) is 3. The minimum absolute atomic E-state index is 0.0436. The van der Waals surface area contributed by atoms with E-state index in [1.807, 2.05) is 63.2 Å². The van der Waals surface area contributed by atoms with Crippen LogP contribution in [0.15, 0.2) is 52.7 Å². The molecule has 0 bridgehead atoms. The van der Waals surface area contributed by atoms with Crippen LogP contribution in [0.25, 0.3) is 10.9 Å². The standard InChI is InChI=1S/C22H25N3O4/c1-4-28-12-11-25-18-8-6-5-7-17(18)21(22(25)27)24-23-20(26)14-29-19-13-15(2)9-10-16(19)3/h5-10,13,27H,4,11-12,14H2,1-3H3. The predicted octanol–water partition coefficient (Wildman–Crippen LogP) is 4.69. The molecular formula is C22H25N3O4. The second-order valence-electron chi connectivity index (χ2n) is 6.69. The van der Waals surface area contributed by atoms with E-state index in [0.29, 0.717) is 30.9 Å². The molecule has 0 spiro atoms. The van der Waals surface area contributed by atoms with Crippen molar-refractivity contribution < 1.29 is 19.4 Å². The first-order valence-electron chi connectivity index (χ1n) is 9.53. The third-order valence-electron chi connectivity index (χ3n) is 4.54. The molecule has 1 amide bonds. The average Bonchev–Trinajstić information content (AvgIpc) is 2.98. The number of fused-ring (bicyclic) bond motifs is 1. The molecule has 2 aromatic carbocycles. The van der Waals surface area contributed by atoms with Gasteiger partial charge in [0.15, 0.2) is 12.3 Å². The highest BCUT2D eigenvalue weighted by molar-refractivity contribution is 5.95. The lowest BCUT2D eigenvalue weighted by atomic mass is 10.1. The number of ether oxygens (including phenoxy) is 2. The van der Waals surface area contributed by atoms with Crippen LogP contribution in [0.5, 0.6) is 11.6 Å². The molecule has 1 aromatic heterocycles. The Labute approximate surface area is 169 Å². The summed E-state index contributed by atoms with van der Waals surface area (Å²) in [6.45, 7) is 7.09. The molecule has 1 heterocycles. The van der Waals surface area contributed by atoms with Crippen LogP contribution in [0.3, 0.4) is 0 Å². The molecule has 0 aliphatic heterocycles. The molecule has 3 rings (SSSR count). The van der Waals surface area contributed by atoms with Gasteiger partial charge in [-0.2, -0.15) is 0 Å². The van der Waals surface area contributed by atoms with Crippen LogP contribution in [-0.2, 0) is 16.1 Å². The van der Waals surface area contributed by atoms with Crippen molar-refractivity contribution in [1.29, 1.82) is 0 Å². The number of aromatic hydroxyl groups is 1. The zero-order chi connectivity index (χ0) is 20.8. The highest BCUT2D eigenvalue weighted by Crippen LogP contribution is 2.38. The fourth-order valence-electron chi connectivity index (χ4n) is 3.03. The maximum atomic E-state index is 12.2. The summed E-state index contributed by atoms with van der Waals surface area (Å²) in [5, 5.41) is 19.1. The van der Waals surface area contributed by atoms with Gasteiger partial charge >= 0.3 is 5.91 Å². The van der Waals surface area contributed by atoms with E-state index in [4.69, 9.17) is 9.47 Å². The number of para-hydroxylation sites is 1. The highest BCUT2D eigenvalue weighted by Gasteiger charge is 2.16. The van der Waals surface area contributed by atoms with Gasteiger partial charge in [0.2, 0.25) is 5.88 Å². The van der Waals surface area contributed by atoms with Crippen LogP contribution in [-0.4, -0.2) is 35.4 Å². The average molecular weight is 395 g/mol. The van der Waals surface area contributed by atoms with E-state index < -0.39 is 5.91 Å². The smallest absolute Gasteiger partial charge is 0.302 e. The Balaban J connectivity index is 1.76. The highest BCUT2D eigenvalue weighted by atomic mass is 16.5. The third-order valence-corrected chi connectivity index (χ3v) is 4.54. The molecule has 0 saturated heterocycles. The normalized spacial score (nSPS) is 11.4. The topological polar surface area (TPSA) is 85.4 Å². The van der Waals surface area contributed by atoms with E-state index in [-0.39, 0.29) is 18.2 Å². The molecule has 152 valence electrons. The minimum Gasteiger partial charge on any atom is -0.493 e. The minimum atomic E-state index is -0.531. The predicted molar refractivity (Wildman–Crippen MR) is 111 cm³/mol. The Morgan fingerprint density at radius 2 is 1.97 bits per heavy atom. The quantitative estimate of drug-likeness (QED) is 0.443. The first-order valence-corrected chi connectivity index (χ1v) is 9.53. The molecule has 29 heavy (non-hydrogen) atoms. The van der Waals surface area contributed by atoms with Gasteiger partial charge in [0, 0.05) is 18.5 Å². The Hall–Kier alpha value is -3.19. The number of hydrogen-bond donors (Lipinski definition) is 1. The number of amides is 1. The maximum absolute atomic E-state index is 12.2. The first kappa shape index (κ1) is 20.5. The van der Waals surface area contributed by atoms with Gasteiger partial charge in [0.1, 0.15) is 5.75 Å². The van der Waals surface area contributed by atoms with Crippen molar-refractivity contribution in [2.24, 2.45) is 10.2 Å². The first-order chi connectivity index (χ1) is 14.0. The largest absolute Gasteiger partial charge is 0.493 e. The van der Waals surface area contributed by atoms with Crippen molar-refractivity contribution in [3.8, 4) is 11.6 Å². The van der Waals surface area contributed by atoms with Gasteiger partial charge in [0.25, 0.3) is 0 Å². The lowest BCUT2D eigenvalue weighted by Gasteiger charge is -2.07. The Morgan fingerprint density at radius 3 is 2.76 bits per heavy atom. The molecule has 0 saturated carbocycles. The summed E-state index contributed by atoms with van der Waals surface area (Å²) in [4.78, 5) is 12.2. The van der Waals surface area contributed by atoms with Crippen LogP contribution in [0.4, 0.5) is 5.69 Å². The van der Waals surface area contributed by atoms with Crippen molar-refractivity contribution in [2.45, 2.75) is 27.3 Å². The molecule has 0 radical (unpaired) electrons. The van der Waals surface area contributed by atoms with Crippen molar-refractivity contribution in [2.75, 3.05) is 19.8 Å². The van der Waals surface area contributed by atoms with E-state index in [2.05, 4.69) is 10.2 Å². The number of aromatic nitrogens is 1. The number of carbonyl (C=O) groups excluding carboxylic acids is 1. The monoisotopic (exact) mass is 395 g/mol. The van der Waals surface area contributed by atoms with Crippen molar-refractivity contribution in [3.63, 3.8) is 0 Å². The van der Waals surface area contributed by atoms with Crippen LogP contribution in [0.2, 0.25) is 0 Å². The van der Waals surface area contributed by atoms with Crippen LogP contribution < -0.4 is 4.74 Å². The molecule has 7 heteroatoms. The van der Waals surface area contributed by atoms with Gasteiger partial charge in [-0.25, -0.2) is 0 Å². The number of carbonyl (C=O) groups is 1. The number of rotatable bonds is 8. The number of azo groups is 1. The molecular weight excluding hydrogens is 370 g/mol. The maximum Gasteiger partial charge on any atom is 0.302 e. The fourth-order valence-corrected chi connectivity index (χ4v) is 3.03. The Kier molecular flexibility index (Phi) is 6.61. The van der Waals surface area contributed by atoms with E-state index in [1.165, 1.54) is 0 Å². The SMILES string of the molecule is CCOCCn1c(O)c(N=NC(=O)COc2cc(C)ccc2C)c2ccccc21. The number of hydrogen-bond acceptors (Lipinski definition) is 5. The van der Waals surface area contributed by atoms with Crippen molar-refractivity contribution >= 4 is 22.5 Å². The Morgan fingerprint density at radius 1 is 1.17 bits per heavy atom. The van der Waals surface area contributed by atoms with Crippen LogP contribution >= 0.6 is 0 Å². The van der Waals surface area contributed by atoms with E-state index in [0.717, 1.165) is 16.6 Å². The van der Waals surface area contributed by atoms with E-state index >= 15 is 0 Å². The second kappa shape index (κ2) is 9.34. The lowest BCUT2D eigenvalue weighted by Crippen LogP contribution is -2.08. The summed E-state index contributed by atoms with van der Waals surface area (Å²) in [5.41, 5.74) is 3.05. The molecule has 0 fully saturated rings. The van der Waals surface area contributed by atoms with Gasteiger partial charge in [0.05, 0.1) is 12.1 Å². The van der Waals surface area contributed by atoms with Crippen LogP contribution in [0.1, 0.15) is 18.1 Å². The Bertz CT molecular complexity index is 1040. The van der Waals surface area contributed by atoms with Gasteiger partial charge in [-0.15, -0.1) is 10.2 Å². The molecule has 3 aromatic rings. The van der Waals surface area contributed by atoms with E-state index in [1.54, 1.807) is 4.57 Å². The third kappa shape index (κ3) is 4.81. The molecule has 0 atom stereocenters. The number of benzene rings is 2. The van der Waals surface area contributed by atoms with Crippen molar-refractivity contribution in [3.05, 3.63) is 53.6 Å². The molecule has 1 N–H and O–H groups in total. The fraction of sp³-hybridized carbons (Fsp3) is 0.318. The lowest BCUT2D eigenvalue weighted by molar-refractivity contribution is -0.120. The summed E-state index contributed by atoms with van der Waals surface area (Å²) in [7, 11) is 0. The van der Waals surface area contributed by atoms with Gasteiger partial charge < -0.3 is 19.1 Å². The van der Waals surface area contributed by atoms with Gasteiger partial charge in [-0.1, -0.05) is 30.3 Å². The zero-order valence-electron chi connectivity index (χ0n) is 16.9. The molecule has 7 nitrogen and oxygen atoms in total. The second-order valence-corrected chi connectivity index (χ2v) is 6.69. The summed E-state index contributed by atoms with van der Waals surface area (Å²) in [6, 6.07) is 13.2.